The molecule has 1 aromatic heterocycles. The molecule has 0 saturated heterocycles. The zero-order chi connectivity index (χ0) is 38.2. The molecule has 0 bridgehead atoms. The fourth-order valence-corrected chi connectivity index (χ4v) is 6.77. The van der Waals surface area contributed by atoms with Crippen LogP contribution in [0.25, 0.3) is 38.3 Å². The van der Waals surface area contributed by atoms with Gasteiger partial charge in [0.15, 0.2) is 5.75 Å². The lowest BCUT2D eigenvalue weighted by atomic mass is 10.00. The number of methoxy groups -OCH3 is 1. The number of aromatic hydroxyl groups is 1. The number of hydrogen-bond acceptors (Lipinski definition) is 8. The third-order valence-electron chi connectivity index (χ3n) is 9.52. The molecule has 0 saturated carbocycles. The summed E-state index contributed by atoms with van der Waals surface area (Å²) in [5, 5.41) is 42.4. The Bertz CT molecular complexity index is 2860. The number of phenolic OH excluding ortho intramolecular Hbond substituents is 1. The molecule has 12 heteroatoms. The van der Waals surface area contributed by atoms with E-state index >= 15 is 0 Å². The fraction of sp³-hybridized carbons (Fsp3) is 0.0698. The molecular formula is C43H32N8O4. The third-order valence-corrected chi connectivity index (χ3v) is 9.52. The molecule has 12 nitrogen and oxygen atoms in total. The minimum absolute atomic E-state index is 0.0343. The summed E-state index contributed by atoms with van der Waals surface area (Å²) in [6.45, 7) is 1.86. The number of nitriles is 1. The number of ether oxygens (including phenoxy) is 1. The summed E-state index contributed by atoms with van der Waals surface area (Å²) in [6.07, 6.45) is 0. The van der Waals surface area contributed by atoms with Crippen LogP contribution in [0.5, 0.6) is 11.5 Å². The largest absolute Gasteiger partial charge is 0.505 e. The number of amides is 2. The van der Waals surface area contributed by atoms with Gasteiger partial charge in [-0.1, -0.05) is 54.6 Å². The lowest BCUT2D eigenvalue weighted by molar-refractivity contribution is -0.116. The van der Waals surface area contributed by atoms with Crippen LogP contribution in [0.3, 0.4) is 0 Å². The number of anilines is 1. The predicted molar refractivity (Wildman–Crippen MR) is 214 cm³/mol. The van der Waals surface area contributed by atoms with Gasteiger partial charge in [0, 0.05) is 45.5 Å². The maximum atomic E-state index is 13.8. The molecule has 5 N–H and O–H groups in total. The van der Waals surface area contributed by atoms with Gasteiger partial charge in [-0.2, -0.15) is 10.4 Å². The van der Waals surface area contributed by atoms with Crippen molar-refractivity contribution in [3.63, 3.8) is 0 Å². The molecule has 0 aliphatic carbocycles. The molecular weight excluding hydrogens is 693 g/mol. The topological polar surface area (TPSA) is 176 Å². The highest BCUT2D eigenvalue weighted by Gasteiger charge is 2.27. The van der Waals surface area contributed by atoms with E-state index in [0.29, 0.717) is 50.7 Å². The summed E-state index contributed by atoms with van der Waals surface area (Å²) in [5.41, 5.74) is 6.02. The van der Waals surface area contributed by atoms with E-state index in [1.165, 1.54) is 7.05 Å². The number of nitrogens with one attached hydrogen (secondary N) is 4. The van der Waals surface area contributed by atoms with Crippen molar-refractivity contribution >= 4 is 78.7 Å². The Labute approximate surface area is 314 Å². The van der Waals surface area contributed by atoms with Gasteiger partial charge in [0.25, 0.3) is 11.8 Å². The molecule has 2 amide bonds. The van der Waals surface area contributed by atoms with Crippen molar-refractivity contribution in [1.82, 2.24) is 15.6 Å². The Hall–Kier alpha value is -7.78. The molecule has 6 aromatic carbocycles. The molecule has 0 spiro atoms. The van der Waals surface area contributed by atoms with Crippen molar-refractivity contribution in [3.8, 4) is 17.6 Å². The van der Waals surface area contributed by atoms with E-state index in [2.05, 4.69) is 31.2 Å². The van der Waals surface area contributed by atoms with Crippen LogP contribution in [0.4, 0.5) is 22.7 Å². The van der Waals surface area contributed by atoms with Gasteiger partial charge in [-0.15, -0.1) is 5.11 Å². The zero-order valence-corrected chi connectivity index (χ0v) is 29.9. The van der Waals surface area contributed by atoms with Crippen LogP contribution in [0.1, 0.15) is 27.0 Å². The number of azo groups is 1. The smallest absolute Gasteiger partial charge is 0.263 e. The van der Waals surface area contributed by atoms with E-state index in [9.17, 15) is 20.0 Å². The highest BCUT2D eigenvalue weighted by Crippen LogP contribution is 2.44. The first-order valence-corrected chi connectivity index (χ1v) is 17.3. The van der Waals surface area contributed by atoms with E-state index in [0.717, 1.165) is 32.9 Å². The van der Waals surface area contributed by atoms with Crippen LogP contribution in [0, 0.1) is 18.3 Å². The van der Waals surface area contributed by atoms with Crippen molar-refractivity contribution in [1.29, 1.82) is 5.26 Å². The van der Waals surface area contributed by atoms with Crippen molar-refractivity contribution in [2.75, 3.05) is 19.5 Å². The van der Waals surface area contributed by atoms with Gasteiger partial charge in [-0.3, -0.25) is 9.59 Å². The quantitative estimate of drug-likeness (QED) is 0.0623. The number of H-pyrrole nitrogens is 1. The molecule has 1 aliphatic rings. The Kier molecular flexibility index (Phi) is 8.72. The molecule has 55 heavy (non-hydrogen) atoms. The molecule has 0 unspecified atom stereocenters. The van der Waals surface area contributed by atoms with Crippen LogP contribution in [-0.4, -0.2) is 41.9 Å². The SMILES string of the molecule is CNC(=O)/C(C#N)=C1\N/C(=N\c2ccc(N=Nc3c(O)c(C(=O)Nc4ccc(OC)cc4C)cc4ccc5c6ccccc6[nH]c5c34)cc2)c2ccccc21. The highest BCUT2D eigenvalue weighted by molar-refractivity contribution is 6.23. The number of nitrogens with zero attached hydrogens (tertiary/aromatic N) is 4. The summed E-state index contributed by atoms with van der Waals surface area (Å²) in [5.74, 6) is -0.193. The van der Waals surface area contributed by atoms with Crippen LogP contribution in [0.15, 0.2) is 130 Å². The summed E-state index contributed by atoms with van der Waals surface area (Å²) >= 11 is 0. The fourth-order valence-electron chi connectivity index (χ4n) is 6.77. The average molecular weight is 725 g/mol. The molecule has 0 fully saturated rings. The maximum Gasteiger partial charge on any atom is 0.263 e. The van der Waals surface area contributed by atoms with E-state index in [-0.39, 0.29) is 22.6 Å². The van der Waals surface area contributed by atoms with E-state index in [1.807, 2.05) is 79.7 Å². The number of aliphatic imine (C=N–C) groups is 1. The first kappa shape index (κ1) is 34.3. The van der Waals surface area contributed by atoms with Gasteiger partial charge < -0.3 is 30.8 Å². The Balaban J connectivity index is 1.18. The van der Waals surface area contributed by atoms with Gasteiger partial charge >= 0.3 is 0 Å². The van der Waals surface area contributed by atoms with Gasteiger partial charge in [0.05, 0.1) is 35.3 Å². The van der Waals surface area contributed by atoms with Crippen LogP contribution < -0.4 is 20.7 Å². The minimum Gasteiger partial charge on any atom is -0.505 e. The van der Waals surface area contributed by atoms with E-state index < -0.39 is 11.8 Å². The molecule has 0 atom stereocenters. The van der Waals surface area contributed by atoms with Crippen molar-refractivity contribution in [2.24, 2.45) is 15.2 Å². The number of aryl methyl sites for hydroxylation is 1. The number of aromatic nitrogens is 1. The van der Waals surface area contributed by atoms with Gasteiger partial charge in [-0.05, 0) is 72.5 Å². The number of para-hydroxylation sites is 1. The zero-order valence-electron chi connectivity index (χ0n) is 29.9. The highest BCUT2D eigenvalue weighted by atomic mass is 16.5. The average Bonchev–Trinajstić information content (AvgIpc) is 3.77. The number of aromatic amines is 1. The van der Waals surface area contributed by atoms with Crippen molar-refractivity contribution < 1.29 is 19.4 Å². The second-order valence-electron chi connectivity index (χ2n) is 12.8. The van der Waals surface area contributed by atoms with Crippen molar-refractivity contribution in [2.45, 2.75) is 6.92 Å². The number of benzene rings is 6. The number of amidine groups is 1. The molecule has 0 radical (unpaired) electrons. The number of likely N-dealkylation sites (N-methyl/N-ethyl adjacent to an activating group) is 1. The third kappa shape index (κ3) is 6.15. The summed E-state index contributed by atoms with van der Waals surface area (Å²) in [7, 11) is 3.05. The van der Waals surface area contributed by atoms with Crippen molar-refractivity contribution in [3.05, 3.63) is 137 Å². The Morgan fingerprint density at radius 1 is 0.855 bits per heavy atom. The van der Waals surface area contributed by atoms with E-state index in [1.54, 1.807) is 49.6 Å². The number of fused-ring (bicyclic) bond motifs is 6. The lowest BCUT2D eigenvalue weighted by Gasteiger charge is -2.13. The summed E-state index contributed by atoms with van der Waals surface area (Å²) in [6, 6.07) is 35.1. The molecule has 7 aromatic rings. The summed E-state index contributed by atoms with van der Waals surface area (Å²) < 4.78 is 5.31. The van der Waals surface area contributed by atoms with Gasteiger partial charge in [-0.25, -0.2) is 4.99 Å². The van der Waals surface area contributed by atoms with Crippen LogP contribution in [-0.2, 0) is 4.79 Å². The predicted octanol–water partition coefficient (Wildman–Crippen LogP) is 8.83. The van der Waals surface area contributed by atoms with Crippen LogP contribution in [0.2, 0.25) is 0 Å². The normalized spacial score (nSPS) is 13.9. The number of phenols is 1. The Morgan fingerprint density at radius 2 is 1.60 bits per heavy atom. The number of carbonyl (C=O) groups is 2. The second-order valence-corrected chi connectivity index (χ2v) is 12.8. The van der Waals surface area contributed by atoms with Gasteiger partial charge in [0.1, 0.15) is 28.9 Å². The first-order valence-electron chi connectivity index (χ1n) is 17.3. The number of hydrogen-bond donors (Lipinski definition) is 5. The first-order chi connectivity index (χ1) is 26.8. The van der Waals surface area contributed by atoms with Gasteiger partial charge in [0.2, 0.25) is 0 Å². The lowest BCUT2D eigenvalue weighted by Crippen LogP contribution is -2.23. The molecule has 2 heterocycles. The molecule has 268 valence electrons. The maximum absolute atomic E-state index is 13.8. The number of rotatable bonds is 7. The second kappa shape index (κ2) is 14.0. The van der Waals surface area contributed by atoms with Crippen LogP contribution >= 0.6 is 0 Å². The van der Waals surface area contributed by atoms with E-state index in [4.69, 9.17) is 9.73 Å². The molecule has 1 aliphatic heterocycles. The standard InChI is InChI=1S/C43H32N8O4/c1-23-20-27(55-3)17-19-34(23)48-43(54)32-21-24-12-18-30-28-8-6-7-11-35(28)47-38(30)36(24)39(40(32)52)51-50-26-15-13-25(14-16-26)46-41-31-10-5-4-9-29(31)37(49-41)33(22-44)42(53)45-2/h4-21,47,52H,1-3H3,(H,45,53)(H,46,49)(H,48,54)/b37-33-,51-50?. The monoisotopic (exact) mass is 724 g/mol. The number of carbonyl (C=O) groups excluding carboxylic acids is 2. The Morgan fingerprint density at radius 3 is 2.35 bits per heavy atom. The molecule has 8 rings (SSSR count). The summed E-state index contributed by atoms with van der Waals surface area (Å²) in [4.78, 5) is 34.4. The minimum atomic E-state index is -0.512.